The highest BCUT2D eigenvalue weighted by atomic mass is 32.2. The molecule has 3 aromatic rings. The summed E-state index contributed by atoms with van der Waals surface area (Å²) in [6.45, 7) is 4.18. The predicted molar refractivity (Wildman–Crippen MR) is 165 cm³/mol. The molecular weight excluding hydrogens is 560 g/mol. The Bertz CT molecular complexity index is 1670. The first-order chi connectivity index (χ1) is 20.6. The average Bonchev–Trinajstić information content (AvgIpc) is 3.63. The lowest BCUT2D eigenvalue weighted by molar-refractivity contribution is -0.171. The third-order valence-corrected chi connectivity index (χ3v) is 12.2. The summed E-state index contributed by atoms with van der Waals surface area (Å²) < 4.78 is 11.7. The number of aliphatic hydroxyl groups excluding tert-OH is 1. The van der Waals surface area contributed by atoms with Crippen LogP contribution in [0.4, 0.5) is 0 Å². The number of fused-ring (bicyclic) bond motifs is 6. The molecule has 6 nitrogen and oxygen atoms in total. The van der Waals surface area contributed by atoms with E-state index in [1.54, 1.807) is 24.3 Å². The van der Waals surface area contributed by atoms with Gasteiger partial charge >= 0.3 is 5.97 Å². The molecule has 2 aromatic carbocycles. The Balaban J connectivity index is 1.22. The lowest BCUT2D eigenvalue weighted by Gasteiger charge is -2.59. The van der Waals surface area contributed by atoms with Crippen LogP contribution in [0.25, 0.3) is 10.8 Å². The summed E-state index contributed by atoms with van der Waals surface area (Å²) in [5.41, 5.74) is -0.493. The topological polar surface area (TPSA) is 93.8 Å². The van der Waals surface area contributed by atoms with E-state index in [1.807, 2.05) is 31.2 Å². The van der Waals surface area contributed by atoms with E-state index >= 15 is 0 Å². The number of allylic oxidation sites excluding steroid dienone is 4. The Morgan fingerprint density at radius 1 is 1.07 bits per heavy atom. The molecule has 3 saturated carbocycles. The van der Waals surface area contributed by atoms with Crippen LogP contribution in [0.5, 0.6) is 0 Å². The van der Waals surface area contributed by atoms with E-state index in [9.17, 15) is 19.5 Å². The molecule has 0 amide bonds. The van der Waals surface area contributed by atoms with Gasteiger partial charge in [-0.3, -0.25) is 9.59 Å². The molecule has 5 unspecified atom stereocenters. The number of aliphatic hydroxyl groups is 1. The van der Waals surface area contributed by atoms with E-state index < -0.39 is 28.5 Å². The van der Waals surface area contributed by atoms with Gasteiger partial charge in [0.1, 0.15) is 0 Å². The third kappa shape index (κ3) is 4.38. The van der Waals surface area contributed by atoms with Crippen LogP contribution in [0, 0.1) is 28.6 Å². The lowest BCUT2D eigenvalue weighted by atomic mass is 9.46. The van der Waals surface area contributed by atoms with Crippen molar-refractivity contribution in [2.45, 2.75) is 63.4 Å². The minimum absolute atomic E-state index is 0.000167. The van der Waals surface area contributed by atoms with Crippen LogP contribution in [0.1, 0.15) is 62.1 Å². The highest BCUT2D eigenvalue weighted by Gasteiger charge is 2.70. The van der Waals surface area contributed by atoms with Crippen molar-refractivity contribution < 1.29 is 28.6 Å². The number of hydrogen-bond acceptors (Lipinski definition) is 7. The first-order valence-corrected chi connectivity index (χ1v) is 16.2. The van der Waals surface area contributed by atoms with Gasteiger partial charge in [-0.25, -0.2) is 4.79 Å². The van der Waals surface area contributed by atoms with Crippen molar-refractivity contribution in [3.05, 3.63) is 96.0 Å². The fourth-order valence-corrected chi connectivity index (χ4v) is 10.1. The molecule has 43 heavy (non-hydrogen) atoms. The van der Waals surface area contributed by atoms with Crippen molar-refractivity contribution >= 4 is 39.4 Å². The summed E-state index contributed by atoms with van der Waals surface area (Å²) in [5, 5.41) is 14.0. The lowest BCUT2D eigenvalue weighted by Crippen LogP contribution is -2.62. The van der Waals surface area contributed by atoms with E-state index in [-0.39, 0.29) is 34.4 Å². The number of rotatable bonds is 5. The first kappa shape index (κ1) is 28.4. The van der Waals surface area contributed by atoms with Crippen molar-refractivity contribution in [3.63, 3.8) is 0 Å². The van der Waals surface area contributed by atoms with E-state index in [0.717, 1.165) is 41.2 Å². The van der Waals surface area contributed by atoms with Crippen molar-refractivity contribution in [2.75, 3.05) is 0 Å². The molecule has 1 N–H and O–H groups in total. The zero-order valence-electron chi connectivity index (χ0n) is 24.5. The smallest absolute Gasteiger partial charge is 0.375 e. The summed E-state index contributed by atoms with van der Waals surface area (Å²) >= 11 is 1.19. The second-order valence-corrected chi connectivity index (χ2v) is 14.2. The van der Waals surface area contributed by atoms with Crippen molar-refractivity contribution in [1.82, 2.24) is 0 Å². The normalized spacial score (nSPS) is 34.7. The fraction of sp³-hybridized carbons (Fsp3) is 0.417. The predicted octanol–water partition coefficient (Wildman–Crippen LogP) is 7.07. The molecular formula is C36H36O6S. The van der Waals surface area contributed by atoms with E-state index in [0.29, 0.717) is 18.6 Å². The number of ketones is 1. The largest absolute Gasteiger partial charge is 0.457 e. The van der Waals surface area contributed by atoms with Crippen LogP contribution in [0.2, 0.25) is 0 Å². The maximum Gasteiger partial charge on any atom is 0.375 e. The van der Waals surface area contributed by atoms with Gasteiger partial charge in [0.25, 0.3) is 0 Å². The number of ether oxygens (including phenoxy) is 1. The maximum absolute atomic E-state index is 14.5. The number of carbonyl (C=O) groups excluding carboxylic acids is 3. The summed E-state index contributed by atoms with van der Waals surface area (Å²) in [7, 11) is 0. The first-order valence-electron chi connectivity index (χ1n) is 15.2. The van der Waals surface area contributed by atoms with Gasteiger partial charge in [0.15, 0.2) is 11.4 Å². The quantitative estimate of drug-likeness (QED) is 0.315. The molecule has 7 atom stereocenters. The Hall–Kier alpha value is -3.42. The fourth-order valence-electron chi connectivity index (χ4n) is 9.06. The molecule has 4 aliphatic carbocycles. The van der Waals surface area contributed by atoms with Crippen LogP contribution in [0.15, 0.2) is 89.1 Å². The number of furan rings is 1. The Kier molecular flexibility index (Phi) is 6.82. The third-order valence-electron chi connectivity index (χ3n) is 11.1. The van der Waals surface area contributed by atoms with E-state index in [2.05, 4.69) is 31.2 Å². The van der Waals surface area contributed by atoms with E-state index in [4.69, 9.17) is 9.15 Å². The summed E-state index contributed by atoms with van der Waals surface area (Å²) in [4.78, 5) is 40.1. The molecule has 0 spiro atoms. The molecule has 0 bridgehead atoms. The van der Waals surface area contributed by atoms with Crippen molar-refractivity contribution in [1.29, 1.82) is 0 Å². The second kappa shape index (κ2) is 10.3. The number of hydrogen-bond donors (Lipinski definition) is 1. The van der Waals surface area contributed by atoms with E-state index in [1.165, 1.54) is 18.0 Å². The number of benzene rings is 2. The van der Waals surface area contributed by atoms with Crippen LogP contribution in [-0.2, 0) is 20.1 Å². The number of thioether (sulfide) groups is 1. The van der Waals surface area contributed by atoms with Gasteiger partial charge in [-0.05, 0) is 84.6 Å². The van der Waals surface area contributed by atoms with Crippen molar-refractivity contribution in [3.8, 4) is 0 Å². The molecule has 7 rings (SSSR count). The van der Waals surface area contributed by atoms with Crippen LogP contribution in [-0.4, -0.2) is 33.7 Å². The molecule has 222 valence electrons. The van der Waals surface area contributed by atoms with Gasteiger partial charge in [0.05, 0.1) is 12.4 Å². The van der Waals surface area contributed by atoms with Crippen LogP contribution < -0.4 is 0 Å². The van der Waals surface area contributed by atoms with Gasteiger partial charge in [-0.15, -0.1) is 0 Å². The Labute approximate surface area is 255 Å². The van der Waals surface area contributed by atoms with Crippen LogP contribution >= 0.6 is 11.8 Å². The maximum atomic E-state index is 14.5. The average molecular weight is 597 g/mol. The zero-order chi connectivity index (χ0) is 30.0. The second-order valence-electron chi connectivity index (χ2n) is 13.2. The number of carbonyl (C=O) groups is 3. The van der Waals surface area contributed by atoms with Gasteiger partial charge in [-0.2, -0.15) is 0 Å². The molecule has 1 aromatic heterocycles. The minimum Gasteiger partial charge on any atom is -0.457 e. The standard InChI is InChI=1S/C36H36O6S/c1-34-15-13-26(37)19-25(34)11-12-27-28-14-16-36(35(28,2)20-29(38)31(27)34,42-32(39)30-8-5-17-41-30)33(40)43-21-22-9-10-23-6-3-4-7-24(23)18-22/h3-10,13,15,17-19,27-29,31,38H,11-12,14,16,20-21H2,1-2H3/t27?,28?,29-,31?,34?,35?,36-/m0/s1. The monoisotopic (exact) mass is 596 g/mol. The molecule has 0 radical (unpaired) electrons. The minimum atomic E-state index is -1.41. The Morgan fingerprint density at radius 3 is 2.67 bits per heavy atom. The summed E-state index contributed by atoms with van der Waals surface area (Å²) in [6, 6.07) is 17.5. The van der Waals surface area contributed by atoms with Gasteiger partial charge in [-0.1, -0.05) is 79.7 Å². The highest BCUT2D eigenvalue weighted by Crippen LogP contribution is 2.68. The summed E-state index contributed by atoms with van der Waals surface area (Å²) in [5.74, 6) is -0.0325. The molecule has 0 aliphatic heterocycles. The zero-order valence-corrected chi connectivity index (χ0v) is 25.3. The molecule has 1 heterocycles. The van der Waals surface area contributed by atoms with Crippen molar-refractivity contribution in [2.24, 2.45) is 28.6 Å². The number of esters is 1. The molecule has 7 heteroatoms. The Morgan fingerprint density at radius 2 is 1.88 bits per heavy atom. The van der Waals surface area contributed by atoms with Crippen LogP contribution in [0.3, 0.4) is 0 Å². The van der Waals surface area contributed by atoms with Gasteiger partial charge < -0.3 is 14.3 Å². The SMILES string of the molecule is CC12C=CC(=O)C=C1CCC1C2[C@@H](O)CC2(C)C1CC[C@]2(OC(=O)c1ccco1)C(=O)SCc1ccc2ccccc2c1. The summed E-state index contributed by atoms with van der Waals surface area (Å²) in [6.07, 6.45) is 9.09. The highest BCUT2D eigenvalue weighted by molar-refractivity contribution is 8.13. The van der Waals surface area contributed by atoms with Gasteiger partial charge in [0.2, 0.25) is 10.9 Å². The molecule has 4 aliphatic rings. The molecule has 0 saturated heterocycles. The van der Waals surface area contributed by atoms with Gasteiger partial charge in [0, 0.05) is 22.5 Å². The molecule has 3 fully saturated rings.